The van der Waals surface area contributed by atoms with E-state index in [-0.39, 0.29) is 0 Å². The number of aromatic nitrogens is 2. The van der Waals surface area contributed by atoms with Gasteiger partial charge >= 0.3 is 0 Å². The second kappa shape index (κ2) is 6.12. The molecule has 0 aromatic carbocycles. The van der Waals surface area contributed by atoms with Crippen molar-refractivity contribution in [3.8, 4) is 0 Å². The normalized spacial score (nSPS) is 12.3. The molecule has 16 heavy (non-hydrogen) atoms. The van der Waals surface area contributed by atoms with Crippen molar-refractivity contribution in [3.63, 3.8) is 0 Å². The zero-order valence-electron chi connectivity index (χ0n) is 9.93. The number of nitrogens with zero attached hydrogens (tertiary/aromatic N) is 4. The van der Waals surface area contributed by atoms with Crippen LogP contribution in [0, 0.1) is 0 Å². The van der Waals surface area contributed by atoms with Crippen molar-refractivity contribution < 1.29 is 0 Å². The van der Waals surface area contributed by atoms with Gasteiger partial charge in [0.2, 0.25) is 5.96 Å². The SMILES string of the molecule is CCN(CC)CCN=C(N)n1cncc1N. The van der Waals surface area contributed by atoms with E-state index in [1.54, 1.807) is 17.1 Å². The Morgan fingerprint density at radius 3 is 2.69 bits per heavy atom. The number of rotatable bonds is 5. The van der Waals surface area contributed by atoms with Crippen molar-refractivity contribution in [2.45, 2.75) is 13.8 Å². The summed E-state index contributed by atoms with van der Waals surface area (Å²) in [6.07, 6.45) is 3.11. The van der Waals surface area contributed by atoms with Crippen molar-refractivity contribution in [1.82, 2.24) is 14.5 Å². The number of nitrogens with two attached hydrogens (primary N) is 2. The first-order chi connectivity index (χ1) is 7.69. The summed E-state index contributed by atoms with van der Waals surface area (Å²) >= 11 is 0. The van der Waals surface area contributed by atoms with Gasteiger partial charge in [0.1, 0.15) is 12.1 Å². The topological polar surface area (TPSA) is 85.5 Å². The highest BCUT2D eigenvalue weighted by atomic mass is 15.2. The molecule has 0 aliphatic heterocycles. The van der Waals surface area contributed by atoms with E-state index in [9.17, 15) is 0 Å². The first kappa shape index (κ1) is 12.5. The number of nitrogen functional groups attached to an aromatic ring is 1. The zero-order chi connectivity index (χ0) is 12.0. The number of aliphatic imine (C=N–C) groups is 1. The molecule has 0 aliphatic carbocycles. The van der Waals surface area contributed by atoms with E-state index in [4.69, 9.17) is 11.5 Å². The van der Waals surface area contributed by atoms with Crippen LogP contribution in [-0.2, 0) is 0 Å². The molecule has 0 unspecified atom stereocenters. The highest BCUT2D eigenvalue weighted by Crippen LogP contribution is 1.98. The van der Waals surface area contributed by atoms with Gasteiger partial charge in [-0.3, -0.25) is 9.56 Å². The average Bonchev–Trinajstić information content (AvgIpc) is 2.70. The van der Waals surface area contributed by atoms with Gasteiger partial charge in [-0.25, -0.2) is 4.98 Å². The fourth-order valence-electron chi connectivity index (χ4n) is 1.42. The fourth-order valence-corrected chi connectivity index (χ4v) is 1.42. The van der Waals surface area contributed by atoms with Gasteiger partial charge in [-0.15, -0.1) is 0 Å². The minimum Gasteiger partial charge on any atom is -0.383 e. The summed E-state index contributed by atoms with van der Waals surface area (Å²) in [4.78, 5) is 10.4. The molecule has 0 fully saturated rings. The Kier molecular flexibility index (Phi) is 4.78. The van der Waals surface area contributed by atoms with Crippen LogP contribution < -0.4 is 11.5 Å². The Balaban J connectivity index is 2.49. The molecule has 0 amide bonds. The van der Waals surface area contributed by atoms with Crippen molar-refractivity contribution in [2.75, 3.05) is 31.9 Å². The monoisotopic (exact) mass is 224 g/mol. The quantitative estimate of drug-likeness (QED) is 0.543. The summed E-state index contributed by atoms with van der Waals surface area (Å²) in [5.41, 5.74) is 11.4. The minimum absolute atomic E-state index is 0.391. The number of imidazole rings is 1. The Morgan fingerprint density at radius 1 is 1.50 bits per heavy atom. The number of hydrogen-bond donors (Lipinski definition) is 2. The fraction of sp³-hybridized carbons (Fsp3) is 0.600. The van der Waals surface area contributed by atoms with Crippen LogP contribution in [0.5, 0.6) is 0 Å². The van der Waals surface area contributed by atoms with Crippen LogP contribution in [0.3, 0.4) is 0 Å². The van der Waals surface area contributed by atoms with Crippen molar-refractivity contribution >= 4 is 11.8 Å². The number of likely N-dealkylation sites (N-methyl/N-ethyl adjacent to an activating group) is 1. The highest BCUT2D eigenvalue weighted by Gasteiger charge is 2.01. The van der Waals surface area contributed by atoms with E-state index in [1.165, 1.54) is 0 Å². The Bertz CT molecular complexity index is 339. The summed E-state index contributed by atoms with van der Waals surface area (Å²) in [6.45, 7) is 7.89. The van der Waals surface area contributed by atoms with Gasteiger partial charge < -0.3 is 16.4 Å². The summed E-state index contributed by atoms with van der Waals surface area (Å²) < 4.78 is 1.57. The van der Waals surface area contributed by atoms with Crippen LogP contribution in [0.15, 0.2) is 17.5 Å². The third-order valence-electron chi connectivity index (χ3n) is 2.50. The molecule has 1 aromatic heterocycles. The third-order valence-corrected chi connectivity index (χ3v) is 2.50. The first-order valence-electron chi connectivity index (χ1n) is 5.49. The molecule has 90 valence electrons. The van der Waals surface area contributed by atoms with Gasteiger partial charge in [0, 0.05) is 6.54 Å². The lowest BCUT2D eigenvalue weighted by Crippen LogP contribution is -2.28. The Labute approximate surface area is 96.0 Å². The summed E-state index contributed by atoms with van der Waals surface area (Å²) in [5.74, 6) is 0.895. The Hall–Kier alpha value is -1.56. The van der Waals surface area contributed by atoms with E-state index in [0.717, 1.165) is 19.6 Å². The highest BCUT2D eigenvalue weighted by molar-refractivity contribution is 5.83. The van der Waals surface area contributed by atoms with E-state index < -0.39 is 0 Å². The van der Waals surface area contributed by atoms with Crippen molar-refractivity contribution in [3.05, 3.63) is 12.5 Å². The molecule has 6 nitrogen and oxygen atoms in total. The molecule has 1 aromatic rings. The molecule has 0 spiro atoms. The smallest absolute Gasteiger partial charge is 0.202 e. The Morgan fingerprint density at radius 2 is 2.19 bits per heavy atom. The maximum atomic E-state index is 5.78. The largest absolute Gasteiger partial charge is 0.383 e. The van der Waals surface area contributed by atoms with E-state index >= 15 is 0 Å². The lowest BCUT2D eigenvalue weighted by atomic mass is 10.5. The maximum absolute atomic E-state index is 5.78. The van der Waals surface area contributed by atoms with Gasteiger partial charge in [-0.05, 0) is 13.1 Å². The van der Waals surface area contributed by atoms with Crippen LogP contribution in [0.1, 0.15) is 13.8 Å². The van der Waals surface area contributed by atoms with Gasteiger partial charge in [-0.2, -0.15) is 0 Å². The molecule has 0 atom stereocenters. The molecule has 1 rings (SSSR count). The zero-order valence-corrected chi connectivity index (χ0v) is 9.93. The van der Waals surface area contributed by atoms with Crippen LogP contribution in [0.25, 0.3) is 0 Å². The minimum atomic E-state index is 0.391. The van der Waals surface area contributed by atoms with Gasteiger partial charge in [-0.1, -0.05) is 13.8 Å². The lowest BCUT2D eigenvalue weighted by Gasteiger charge is -2.16. The van der Waals surface area contributed by atoms with Gasteiger partial charge in [0.05, 0.1) is 12.7 Å². The second-order valence-corrected chi connectivity index (χ2v) is 3.46. The molecule has 4 N–H and O–H groups in total. The molecule has 0 aliphatic rings. The van der Waals surface area contributed by atoms with Crippen LogP contribution in [0.2, 0.25) is 0 Å². The van der Waals surface area contributed by atoms with Crippen LogP contribution in [-0.4, -0.2) is 46.6 Å². The molecule has 6 heteroatoms. The number of anilines is 1. The van der Waals surface area contributed by atoms with E-state index in [0.29, 0.717) is 18.3 Å². The molecule has 0 radical (unpaired) electrons. The molecule has 0 saturated carbocycles. The maximum Gasteiger partial charge on any atom is 0.202 e. The summed E-state index contributed by atoms with van der Waals surface area (Å²) in [5, 5.41) is 0. The first-order valence-corrected chi connectivity index (χ1v) is 5.49. The predicted octanol–water partition coefficient (Wildman–Crippen LogP) is -0.0301. The van der Waals surface area contributed by atoms with Gasteiger partial charge in [0.25, 0.3) is 0 Å². The molecule has 1 heterocycles. The van der Waals surface area contributed by atoms with Gasteiger partial charge in [0.15, 0.2) is 0 Å². The average molecular weight is 224 g/mol. The van der Waals surface area contributed by atoms with Crippen molar-refractivity contribution in [1.29, 1.82) is 0 Å². The standard InChI is InChI=1S/C10H20N6/c1-3-15(4-2)6-5-14-10(12)16-8-13-7-9(16)11/h7-8H,3-6,11H2,1-2H3,(H2,12,14). The van der Waals surface area contributed by atoms with E-state index in [1.807, 2.05) is 0 Å². The lowest BCUT2D eigenvalue weighted by molar-refractivity contribution is 0.313. The van der Waals surface area contributed by atoms with E-state index in [2.05, 4.69) is 28.7 Å². The third kappa shape index (κ3) is 3.23. The summed E-state index contributed by atoms with van der Waals surface area (Å²) in [7, 11) is 0. The molecule has 0 saturated heterocycles. The van der Waals surface area contributed by atoms with Crippen molar-refractivity contribution in [2.24, 2.45) is 10.7 Å². The number of hydrogen-bond acceptors (Lipinski definition) is 4. The molecular formula is C10H20N6. The predicted molar refractivity (Wildman–Crippen MR) is 66.3 cm³/mol. The van der Waals surface area contributed by atoms with Crippen LogP contribution >= 0.6 is 0 Å². The molecule has 0 bridgehead atoms. The molecular weight excluding hydrogens is 204 g/mol. The second-order valence-electron chi connectivity index (χ2n) is 3.46. The summed E-state index contributed by atoms with van der Waals surface area (Å²) in [6, 6.07) is 0. The van der Waals surface area contributed by atoms with Crippen LogP contribution in [0.4, 0.5) is 5.82 Å².